The maximum Gasteiger partial charge on any atom is 0.222 e. The largest absolute Gasteiger partial charge is 0.497 e. The molecule has 0 atom stereocenters. The Bertz CT molecular complexity index is 911. The highest BCUT2D eigenvalue weighted by Gasteiger charge is 2.20. The fourth-order valence-electron chi connectivity index (χ4n) is 3.54. The number of methoxy groups -OCH3 is 1. The summed E-state index contributed by atoms with van der Waals surface area (Å²) in [5.74, 6) is 3.04. The van der Waals surface area contributed by atoms with Gasteiger partial charge in [-0.15, -0.1) is 0 Å². The summed E-state index contributed by atoms with van der Waals surface area (Å²) in [6, 6.07) is 8.33. The number of aryl methyl sites for hydroxylation is 1. The summed E-state index contributed by atoms with van der Waals surface area (Å²) in [5.41, 5.74) is 8.63. The van der Waals surface area contributed by atoms with Crippen molar-refractivity contribution < 1.29 is 4.74 Å². The summed E-state index contributed by atoms with van der Waals surface area (Å²) in [4.78, 5) is 18.8. The van der Waals surface area contributed by atoms with Crippen LogP contribution < -0.4 is 20.7 Å². The van der Waals surface area contributed by atoms with E-state index >= 15 is 0 Å². The Kier molecular flexibility index (Phi) is 4.81. The summed E-state index contributed by atoms with van der Waals surface area (Å²) in [7, 11) is 1.67. The van der Waals surface area contributed by atoms with E-state index in [1.54, 1.807) is 7.11 Å². The van der Waals surface area contributed by atoms with Crippen LogP contribution in [0.1, 0.15) is 24.4 Å². The molecule has 0 unspecified atom stereocenters. The van der Waals surface area contributed by atoms with Gasteiger partial charge in [-0.3, -0.25) is 0 Å². The minimum Gasteiger partial charge on any atom is -0.497 e. The molecule has 0 amide bonds. The molecular weight excluding hydrogens is 342 g/mol. The zero-order valence-corrected chi connectivity index (χ0v) is 15.7. The van der Waals surface area contributed by atoms with Crippen LogP contribution in [-0.4, -0.2) is 46.2 Å². The van der Waals surface area contributed by atoms with Crippen molar-refractivity contribution >= 4 is 22.8 Å². The molecule has 4 N–H and O–H groups in total. The summed E-state index contributed by atoms with van der Waals surface area (Å²) < 4.78 is 5.26. The Morgan fingerprint density at radius 3 is 2.78 bits per heavy atom. The molecule has 1 aliphatic rings. The van der Waals surface area contributed by atoms with Gasteiger partial charge in [-0.05, 0) is 31.9 Å². The van der Waals surface area contributed by atoms with Crippen LogP contribution in [0.3, 0.4) is 0 Å². The number of rotatable bonds is 5. The fourth-order valence-corrected chi connectivity index (χ4v) is 3.54. The van der Waals surface area contributed by atoms with Crippen LogP contribution in [0.15, 0.2) is 24.3 Å². The minimum absolute atomic E-state index is 0.340. The molecule has 0 spiro atoms. The molecule has 3 aromatic rings. The molecule has 0 saturated carbocycles. The maximum atomic E-state index is 5.78. The molecule has 1 aromatic carbocycles. The van der Waals surface area contributed by atoms with Crippen molar-refractivity contribution in [3.8, 4) is 5.75 Å². The molecule has 0 aliphatic carbocycles. The van der Waals surface area contributed by atoms with Crippen LogP contribution in [-0.2, 0) is 6.54 Å². The van der Waals surface area contributed by atoms with Crippen molar-refractivity contribution in [1.29, 1.82) is 0 Å². The number of nitrogen functional groups attached to an aromatic ring is 1. The van der Waals surface area contributed by atoms with E-state index < -0.39 is 0 Å². The zero-order valence-electron chi connectivity index (χ0n) is 15.7. The van der Waals surface area contributed by atoms with Gasteiger partial charge in [0.15, 0.2) is 0 Å². The third-order valence-corrected chi connectivity index (χ3v) is 4.97. The number of fused-ring (bicyclic) bond motifs is 1. The summed E-state index contributed by atoms with van der Waals surface area (Å²) in [5, 5.41) is 3.61. The SMILES string of the molecule is COc1ccc2nc(CNC3CCN(c4cc(C)nc(N)n4)CC3)[nH]c2c1. The number of aromatic amines is 1. The van der Waals surface area contributed by atoms with Crippen LogP contribution in [0, 0.1) is 6.92 Å². The number of imidazole rings is 1. The van der Waals surface area contributed by atoms with Gasteiger partial charge in [0.1, 0.15) is 17.4 Å². The standard InChI is InChI=1S/C19H25N7O/c1-12-9-18(25-19(20)22-12)26-7-5-13(6-8-26)21-11-17-23-15-4-3-14(27-2)10-16(15)24-17/h3-4,9-10,13,21H,5-8,11H2,1-2H3,(H,23,24)(H2,20,22,25). The normalized spacial score (nSPS) is 15.4. The fraction of sp³-hybridized carbons (Fsp3) is 0.421. The highest BCUT2D eigenvalue weighted by molar-refractivity contribution is 5.76. The van der Waals surface area contributed by atoms with E-state index in [0.717, 1.165) is 66.6 Å². The van der Waals surface area contributed by atoms with Crippen molar-refractivity contribution in [3.05, 3.63) is 35.8 Å². The van der Waals surface area contributed by atoms with Crippen molar-refractivity contribution in [2.75, 3.05) is 30.8 Å². The van der Waals surface area contributed by atoms with Gasteiger partial charge in [-0.25, -0.2) is 9.97 Å². The number of ether oxygens (including phenoxy) is 1. The van der Waals surface area contributed by atoms with E-state index in [1.807, 2.05) is 31.2 Å². The third-order valence-electron chi connectivity index (χ3n) is 4.97. The van der Waals surface area contributed by atoms with Crippen molar-refractivity contribution in [2.45, 2.75) is 32.4 Å². The lowest BCUT2D eigenvalue weighted by Gasteiger charge is -2.33. The van der Waals surface area contributed by atoms with Gasteiger partial charge in [0.05, 0.1) is 24.7 Å². The average molecular weight is 367 g/mol. The number of benzene rings is 1. The number of hydrogen-bond donors (Lipinski definition) is 3. The van der Waals surface area contributed by atoms with Crippen LogP contribution in [0.4, 0.5) is 11.8 Å². The van der Waals surface area contributed by atoms with Crippen molar-refractivity contribution in [2.24, 2.45) is 0 Å². The molecule has 8 nitrogen and oxygen atoms in total. The lowest BCUT2D eigenvalue weighted by atomic mass is 10.1. The van der Waals surface area contributed by atoms with Gasteiger partial charge < -0.3 is 25.7 Å². The zero-order chi connectivity index (χ0) is 18.8. The lowest BCUT2D eigenvalue weighted by Crippen LogP contribution is -2.42. The average Bonchev–Trinajstić information content (AvgIpc) is 3.08. The lowest BCUT2D eigenvalue weighted by molar-refractivity contribution is 0.409. The highest BCUT2D eigenvalue weighted by Crippen LogP contribution is 2.21. The molecule has 0 bridgehead atoms. The Morgan fingerprint density at radius 1 is 1.22 bits per heavy atom. The molecule has 1 aliphatic heterocycles. The molecule has 8 heteroatoms. The smallest absolute Gasteiger partial charge is 0.222 e. The number of piperidine rings is 1. The van der Waals surface area contributed by atoms with E-state index in [9.17, 15) is 0 Å². The van der Waals surface area contributed by atoms with Gasteiger partial charge in [0.25, 0.3) is 0 Å². The van der Waals surface area contributed by atoms with E-state index in [1.165, 1.54) is 0 Å². The second kappa shape index (κ2) is 7.40. The Labute approximate surface area is 158 Å². The summed E-state index contributed by atoms with van der Waals surface area (Å²) in [6.45, 7) is 4.57. The number of hydrogen-bond acceptors (Lipinski definition) is 7. The first-order chi connectivity index (χ1) is 13.1. The van der Waals surface area contributed by atoms with Crippen molar-refractivity contribution in [1.82, 2.24) is 25.3 Å². The highest BCUT2D eigenvalue weighted by atomic mass is 16.5. The predicted molar refractivity (Wildman–Crippen MR) is 106 cm³/mol. The number of H-pyrrole nitrogens is 1. The quantitative estimate of drug-likeness (QED) is 0.633. The molecule has 3 heterocycles. The monoisotopic (exact) mass is 367 g/mol. The Hall–Kier alpha value is -2.87. The van der Waals surface area contributed by atoms with E-state index in [-0.39, 0.29) is 0 Å². The first-order valence-corrected chi connectivity index (χ1v) is 9.23. The molecule has 27 heavy (non-hydrogen) atoms. The van der Waals surface area contributed by atoms with Gasteiger partial charge in [0, 0.05) is 37.0 Å². The topological polar surface area (TPSA) is 105 Å². The Balaban J connectivity index is 1.33. The third kappa shape index (κ3) is 3.95. The number of aromatic nitrogens is 4. The van der Waals surface area contributed by atoms with E-state index in [4.69, 9.17) is 10.5 Å². The summed E-state index contributed by atoms with van der Waals surface area (Å²) >= 11 is 0. The second-order valence-corrected chi connectivity index (χ2v) is 6.93. The van der Waals surface area contributed by atoms with Crippen LogP contribution in [0.5, 0.6) is 5.75 Å². The molecular formula is C19H25N7O. The second-order valence-electron chi connectivity index (χ2n) is 6.93. The van der Waals surface area contributed by atoms with Crippen LogP contribution in [0.25, 0.3) is 11.0 Å². The predicted octanol–water partition coefficient (Wildman–Crippen LogP) is 2.01. The number of anilines is 2. The van der Waals surface area contributed by atoms with Gasteiger partial charge in [-0.1, -0.05) is 0 Å². The molecule has 2 aromatic heterocycles. The number of nitrogens with two attached hydrogens (primary N) is 1. The molecule has 1 fully saturated rings. The molecule has 1 saturated heterocycles. The first-order valence-electron chi connectivity index (χ1n) is 9.23. The molecule has 0 radical (unpaired) electrons. The Morgan fingerprint density at radius 2 is 2.04 bits per heavy atom. The van der Waals surface area contributed by atoms with Crippen LogP contribution >= 0.6 is 0 Å². The number of nitrogens with one attached hydrogen (secondary N) is 2. The van der Waals surface area contributed by atoms with Gasteiger partial charge >= 0.3 is 0 Å². The number of nitrogens with zero attached hydrogens (tertiary/aromatic N) is 4. The minimum atomic E-state index is 0.340. The molecule has 142 valence electrons. The summed E-state index contributed by atoms with van der Waals surface area (Å²) in [6.07, 6.45) is 2.11. The maximum absolute atomic E-state index is 5.78. The van der Waals surface area contributed by atoms with E-state index in [0.29, 0.717) is 12.0 Å². The van der Waals surface area contributed by atoms with Crippen LogP contribution in [0.2, 0.25) is 0 Å². The molecule has 4 rings (SSSR count). The van der Waals surface area contributed by atoms with E-state index in [2.05, 4.69) is 30.2 Å². The first kappa shape index (κ1) is 17.5. The van der Waals surface area contributed by atoms with Gasteiger partial charge in [-0.2, -0.15) is 4.98 Å². The van der Waals surface area contributed by atoms with Crippen molar-refractivity contribution in [3.63, 3.8) is 0 Å². The van der Waals surface area contributed by atoms with Gasteiger partial charge in [0.2, 0.25) is 5.95 Å².